The molecule has 0 aliphatic heterocycles. The second kappa shape index (κ2) is 8.14. The molecule has 0 aliphatic carbocycles. The number of anilines is 1. The predicted molar refractivity (Wildman–Crippen MR) is 110 cm³/mol. The van der Waals surface area contributed by atoms with Crippen molar-refractivity contribution >= 4 is 52.2 Å². The van der Waals surface area contributed by atoms with Gasteiger partial charge in [0, 0.05) is 23.6 Å². The second-order valence-corrected chi connectivity index (χ2v) is 7.44. The zero-order valence-corrected chi connectivity index (χ0v) is 16.5. The zero-order chi connectivity index (χ0) is 19.5. The van der Waals surface area contributed by atoms with Crippen LogP contribution in [0.2, 0.25) is 10.0 Å². The van der Waals surface area contributed by atoms with Crippen molar-refractivity contribution in [1.82, 2.24) is 24.8 Å². The number of nitrogens with one attached hydrogen (secondary N) is 1. The fourth-order valence-electron chi connectivity index (χ4n) is 2.43. The number of rotatable bonds is 5. The van der Waals surface area contributed by atoms with E-state index in [0.717, 1.165) is 11.3 Å². The molecule has 0 aliphatic rings. The van der Waals surface area contributed by atoms with Crippen LogP contribution >= 0.6 is 35.0 Å². The van der Waals surface area contributed by atoms with E-state index in [0.29, 0.717) is 26.5 Å². The van der Waals surface area contributed by atoms with Gasteiger partial charge in [0.15, 0.2) is 5.65 Å². The Morgan fingerprint density at radius 1 is 1.11 bits per heavy atom. The molecular weight excluding hydrogens is 419 g/mol. The van der Waals surface area contributed by atoms with Gasteiger partial charge in [-0.15, -0.1) is 10.2 Å². The lowest BCUT2D eigenvalue weighted by Gasteiger charge is -2.06. The molecule has 0 spiro atoms. The van der Waals surface area contributed by atoms with E-state index in [4.69, 9.17) is 23.2 Å². The van der Waals surface area contributed by atoms with Crippen LogP contribution in [0, 0.1) is 0 Å². The largest absolute Gasteiger partial charge is 0.325 e. The van der Waals surface area contributed by atoms with Crippen LogP contribution in [0.3, 0.4) is 0 Å². The van der Waals surface area contributed by atoms with E-state index in [1.54, 1.807) is 35.1 Å². The summed E-state index contributed by atoms with van der Waals surface area (Å²) in [6.45, 7) is 0. The monoisotopic (exact) mass is 430 g/mol. The number of hydrogen-bond donors (Lipinski definition) is 1. The lowest BCUT2D eigenvalue weighted by Crippen LogP contribution is -2.14. The summed E-state index contributed by atoms with van der Waals surface area (Å²) in [7, 11) is 0. The van der Waals surface area contributed by atoms with Gasteiger partial charge in [-0.1, -0.05) is 35.0 Å². The van der Waals surface area contributed by atoms with Crippen LogP contribution in [0.1, 0.15) is 0 Å². The Labute approximate surface area is 174 Å². The molecule has 0 saturated heterocycles. The fraction of sp³-hybridized carbons (Fsp3) is 0.0556. The molecule has 3 aromatic heterocycles. The standard InChI is InChI=1S/C18H12Cl2N6OS/c19-13-4-3-12(8-14(13)20)22-17(27)10-28-18-24-23-16-6-5-15(25-26(16)18)11-2-1-7-21-9-11/h1-9H,10H2,(H,22,27). The number of fused-ring (bicyclic) bond motifs is 1. The van der Waals surface area contributed by atoms with Crippen molar-refractivity contribution < 1.29 is 4.79 Å². The minimum absolute atomic E-state index is 0.139. The van der Waals surface area contributed by atoms with Crippen molar-refractivity contribution in [1.29, 1.82) is 0 Å². The first-order valence-corrected chi connectivity index (χ1v) is 9.85. The maximum atomic E-state index is 12.2. The van der Waals surface area contributed by atoms with E-state index in [1.807, 2.05) is 24.3 Å². The predicted octanol–water partition coefficient (Wildman–Crippen LogP) is 4.22. The van der Waals surface area contributed by atoms with Gasteiger partial charge in [0.05, 0.1) is 21.5 Å². The Hall–Kier alpha value is -2.68. The van der Waals surface area contributed by atoms with Crippen LogP contribution < -0.4 is 5.32 Å². The number of hydrogen-bond acceptors (Lipinski definition) is 6. The molecule has 4 aromatic rings. The highest BCUT2D eigenvalue weighted by Crippen LogP contribution is 2.25. The minimum atomic E-state index is -0.205. The lowest BCUT2D eigenvalue weighted by atomic mass is 10.2. The molecule has 4 rings (SSSR count). The summed E-state index contributed by atoms with van der Waals surface area (Å²) < 4.78 is 1.61. The summed E-state index contributed by atoms with van der Waals surface area (Å²) in [5.74, 6) is -0.0663. The second-order valence-electron chi connectivity index (χ2n) is 5.68. The molecule has 0 unspecified atom stereocenters. The van der Waals surface area contributed by atoms with E-state index >= 15 is 0 Å². The Morgan fingerprint density at radius 3 is 2.79 bits per heavy atom. The van der Waals surface area contributed by atoms with Crippen LogP contribution in [-0.4, -0.2) is 36.5 Å². The zero-order valence-electron chi connectivity index (χ0n) is 14.2. The molecule has 28 heavy (non-hydrogen) atoms. The van der Waals surface area contributed by atoms with Crippen LogP contribution in [0.5, 0.6) is 0 Å². The first-order valence-electron chi connectivity index (χ1n) is 8.11. The van der Waals surface area contributed by atoms with Gasteiger partial charge in [0.2, 0.25) is 11.1 Å². The maximum absolute atomic E-state index is 12.2. The van der Waals surface area contributed by atoms with E-state index in [-0.39, 0.29) is 11.7 Å². The number of aromatic nitrogens is 5. The molecule has 1 aromatic carbocycles. The number of thioether (sulfide) groups is 1. The number of carbonyl (C=O) groups excluding carboxylic acids is 1. The third-order valence-electron chi connectivity index (χ3n) is 3.73. The van der Waals surface area contributed by atoms with E-state index in [2.05, 4.69) is 25.6 Å². The number of halogens is 2. The van der Waals surface area contributed by atoms with Crippen molar-refractivity contribution in [2.24, 2.45) is 0 Å². The van der Waals surface area contributed by atoms with Gasteiger partial charge >= 0.3 is 0 Å². The molecule has 0 radical (unpaired) electrons. The number of nitrogens with zero attached hydrogens (tertiary/aromatic N) is 5. The number of benzene rings is 1. The van der Waals surface area contributed by atoms with E-state index in [9.17, 15) is 4.79 Å². The normalized spacial score (nSPS) is 10.9. The van der Waals surface area contributed by atoms with Gasteiger partial charge in [-0.3, -0.25) is 9.78 Å². The lowest BCUT2D eigenvalue weighted by molar-refractivity contribution is -0.113. The van der Waals surface area contributed by atoms with Crippen LogP contribution in [0.25, 0.3) is 16.9 Å². The molecule has 0 saturated carbocycles. The van der Waals surface area contributed by atoms with Crippen LogP contribution in [0.15, 0.2) is 60.0 Å². The Balaban J connectivity index is 1.48. The molecule has 1 N–H and O–H groups in total. The van der Waals surface area contributed by atoms with Gasteiger partial charge in [0.1, 0.15) is 0 Å². The summed E-state index contributed by atoms with van der Waals surface area (Å²) in [6.07, 6.45) is 3.44. The minimum Gasteiger partial charge on any atom is -0.325 e. The maximum Gasteiger partial charge on any atom is 0.234 e. The van der Waals surface area contributed by atoms with Crippen LogP contribution in [0.4, 0.5) is 5.69 Å². The molecule has 10 heteroatoms. The Morgan fingerprint density at radius 2 is 2.00 bits per heavy atom. The van der Waals surface area contributed by atoms with Gasteiger partial charge < -0.3 is 5.32 Å². The SMILES string of the molecule is O=C(CSc1nnc2ccc(-c3cccnc3)nn12)Nc1ccc(Cl)c(Cl)c1. The molecule has 1 amide bonds. The molecule has 0 fully saturated rings. The summed E-state index contributed by atoms with van der Waals surface area (Å²) in [4.78, 5) is 16.3. The molecule has 3 heterocycles. The molecule has 7 nitrogen and oxygen atoms in total. The summed E-state index contributed by atoms with van der Waals surface area (Å²) in [5.41, 5.74) is 2.79. The summed E-state index contributed by atoms with van der Waals surface area (Å²) in [5, 5.41) is 16.9. The first-order chi connectivity index (χ1) is 13.6. The highest BCUT2D eigenvalue weighted by molar-refractivity contribution is 7.99. The summed E-state index contributed by atoms with van der Waals surface area (Å²) in [6, 6.07) is 12.3. The third-order valence-corrected chi connectivity index (χ3v) is 5.39. The van der Waals surface area contributed by atoms with Gasteiger partial charge in [-0.2, -0.15) is 9.61 Å². The van der Waals surface area contributed by atoms with Crippen LogP contribution in [-0.2, 0) is 4.79 Å². The molecule has 140 valence electrons. The molecule has 0 atom stereocenters. The van der Waals surface area contributed by atoms with E-state index in [1.165, 1.54) is 11.8 Å². The van der Waals surface area contributed by atoms with Crippen molar-refractivity contribution in [3.05, 3.63) is 64.9 Å². The van der Waals surface area contributed by atoms with Crippen molar-refractivity contribution in [3.63, 3.8) is 0 Å². The topological polar surface area (TPSA) is 85.1 Å². The number of pyridine rings is 1. The molecular formula is C18H12Cl2N6OS. The quantitative estimate of drug-likeness (QED) is 0.477. The smallest absolute Gasteiger partial charge is 0.234 e. The fourth-order valence-corrected chi connectivity index (χ4v) is 3.41. The van der Waals surface area contributed by atoms with Crippen molar-refractivity contribution in [2.45, 2.75) is 5.16 Å². The average molecular weight is 431 g/mol. The van der Waals surface area contributed by atoms with Crippen molar-refractivity contribution in [2.75, 3.05) is 11.1 Å². The van der Waals surface area contributed by atoms with Gasteiger partial charge in [0.25, 0.3) is 0 Å². The number of amides is 1. The first kappa shape index (κ1) is 18.7. The van der Waals surface area contributed by atoms with Gasteiger partial charge in [-0.25, -0.2) is 0 Å². The van der Waals surface area contributed by atoms with E-state index < -0.39 is 0 Å². The third kappa shape index (κ3) is 4.09. The summed E-state index contributed by atoms with van der Waals surface area (Å²) >= 11 is 13.1. The highest BCUT2D eigenvalue weighted by Gasteiger charge is 2.12. The van der Waals surface area contributed by atoms with Gasteiger partial charge in [-0.05, 0) is 42.5 Å². The number of carbonyl (C=O) groups is 1. The van der Waals surface area contributed by atoms with Crippen molar-refractivity contribution in [3.8, 4) is 11.3 Å². The Kier molecular flexibility index (Phi) is 5.43. The Bertz CT molecular complexity index is 1150. The average Bonchev–Trinajstić information content (AvgIpc) is 3.12. The molecule has 0 bridgehead atoms. The highest BCUT2D eigenvalue weighted by atomic mass is 35.5.